The molecule has 6 unspecified atom stereocenters. The molecule has 242 valence electrons. The Morgan fingerprint density at radius 1 is 0.932 bits per heavy atom. The Morgan fingerprint density at radius 3 is 2.20 bits per heavy atom. The van der Waals surface area contributed by atoms with Gasteiger partial charge < -0.3 is 39.2 Å². The zero-order valence-electron chi connectivity index (χ0n) is 26.5. The number of methoxy groups -OCH3 is 4. The maximum atomic E-state index is 13.2. The van der Waals surface area contributed by atoms with Crippen LogP contribution in [0.1, 0.15) is 51.5 Å². The van der Waals surface area contributed by atoms with Crippen LogP contribution in [0.3, 0.4) is 0 Å². The third-order valence-corrected chi connectivity index (χ3v) is 9.91. The van der Waals surface area contributed by atoms with Crippen molar-refractivity contribution in [1.82, 2.24) is 5.32 Å². The van der Waals surface area contributed by atoms with Crippen molar-refractivity contribution in [2.45, 2.75) is 64.7 Å². The Bertz CT molecular complexity index is 1290. The van der Waals surface area contributed by atoms with E-state index in [2.05, 4.69) is 17.6 Å². The lowest BCUT2D eigenvalue weighted by Gasteiger charge is -2.60. The predicted octanol–water partition coefficient (Wildman–Crippen LogP) is 4.53. The first-order valence-corrected chi connectivity index (χ1v) is 15.0. The van der Waals surface area contributed by atoms with Gasteiger partial charge in [0, 0.05) is 36.1 Å². The van der Waals surface area contributed by atoms with E-state index < -0.39 is 29.1 Å². The summed E-state index contributed by atoms with van der Waals surface area (Å²) in [5, 5.41) is 27.6. The van der Waals surface area contributed by atoms with Gasteiger partial charge in [-0.3, -0.25) is 10.1 Å². The van der Waals surface area contributed by atoms with Crippen LogP contribution in [0, 0.1) is 22.7 Å². The summed E-state index contributed by atoms with van der Waals surface area (Å²) in [7, 11) is 6.07. The molecule has 0 aromatic heterocycles. The van der Waals surface area contributed by atoms with Gasteiger partial charge in [0.25, 0.3) is 0 Å². The van der Waals surface area contributed by atoms with E-state index >= 15 is 0 Å². The number of amides is 2. The van der Waals surface area contributed by atoms with Gasteiger partial charge in [-0.2, -0.15) is 0 Å². The van der Waals surface area contributed by atoms with E-state index in [-0.39, 0.29) is 30.8 Å². The minimum absolute atomic E-state index is 0.0943. The molecule has 2 aromatic rings. The number of aliphatic hydroxyl groups is 2. The highest BCUT2D eigenvalue weighted by atomic mass is 16.6. The summed E-state index contributed by atoms with van der Waals surface area (Å²) in [6.07, 6.45) is 0.469. The summed E-state index contributed by atoms with van der Waals surface area (Å²) in [5.41, 5.74) is 0.0263. The number of ether oxygens (including phenoxy) is 5. The third kappa shape index (κ3) is 6.53. The van der Waals surface area contributed by atoms with Crippen LogP contribution in [0.15, 0.2) is 36.4 Å². The average Bonchev–Trinajstić information content (AvgIpc) is 3.02. The number of benzene rings is 2. The van der Waals surface area contributed by atoms with Crippen molar-refractivity contribution < 1.29 is 43.5 Å². The SMILES string of the molecule is COc1ccccc1CNC(=O)CC1C(O)CCC2C(C)(CO)C(OC(=O)Nc3cc(OC)c(OC)c(OC)c3)CCC12C. The van der Waals surface area contributed by atoms with E-state index in [0.717, 1.165) is 5.56 Å². The van der Waals surface area contributed by atoms with E-state index in [1.54, 1.807) is 19.2 Å². The van der Waals surface area contributed by atoms with E-state index in [9.17, 15) is 19.8 Å². The minimum atomic E-state index is -0.786. The molecule has 6 atom stereocenters. The van der Waals surface area contributed by atoms with Gasteiger partial charge in [-0.15, -0.1) is 0 Å². The molecule has 0 spiro atoms. The molecule has 0 saturated heterocycles. The van der Waals surface area contributed by atoms with Crippen LogP contribution < -0.4 is 29.6 Å². The van der Waals surface area contributed by atoms with Crippen molar-refractivity contribution >= 4 is 17.7 Å². The van der Waals surface area contributed by atoms with Crippen LogP contribution in [0.4, 0.5) is 10.5 Å². The molecule has 0 heterocycles. The molecule has 0 aliphatic heterocycles. The van der Waals surface area contributed by atoms with Crippen LogP contribution in [0.2, 0.25) is 0 Å². The summed E-state index contributed by atoms with van der Waals surface area (Å²) in [6, 6.07) is 10.7. The molecule has 11 heteroatoms. The second-order valence-corrected chi connectivity index (χ2v) is 12.2. The first-order valence-electron chi connectivity index (χ1n) is 15.0. The van der Waals surface area contributed by atoms with Crippen molar-refractivity contribution in [3.63, 3.8) is 0 Å². The molecule has 2 aromatic carbocycles. The third-order valence-electron chi connectivity index (χ3n) is 9.91. The molecular formula is C33H46N2O9. The molecule has 2 aliphatic carbocycles. The van der Waals surface area contributed by atoms with Crippen molar-refractivity contribution in [1.29, 1.82) is 0 Å². The number of carbonyl (C=O) groups excluding carboxylic acids is 2. The quantitative estimate of drug-likeness (QED) is 0.287. The number of carbonyl (C=O) groups is 2. The number of fused-ring (bicyclic) bond motifs is 1. The van der Waals surface area contributed by atoms with E-state index in [0.29, 0.717) is 60.9 Å². The summed E-state index contributed by atoms with van der Waals surface area (Å²) < 4.78 is 27.5. The predicted molar refractivity (Wildman–Crippen MR) is 164 cm³/mol. The van der Waals surface area contributed by atoms with Crippen LogP contribution >= 0.6 is 0 Å². The maximum Gasteiger partial charge on any atom is 0.411 e. The second-order valence-electron chi connectivity index (χ2n) is 12.2. The highest BCUT2D eigenvalue weighted by Crippen LogP contribution is 2.61. The van der Waals surface area contributed by atoms with Crippen LogP contribution in [0.25, 0.3) is 0 Å². The van der Waals surface area contributed by atoms with Gasteiger partial charge in [-0.05, 0) is 49.0 Å². The largest absolute Gasteiger partial charge is 0.496 e. The number of nitrogens with one attached hydrogen (secondary N) is 2. The fourth-order valence-corrected chi connectivity index (χ4v) is 7.52. The molecule has 4 N–H and O–H groups in total. The van der Waals surface area contributed by atoms with Gasteiger partial charge in [0.1, 0.15) is 11.9 Å². The Kier molecular flexibility index (Phi) is 10.5. The number of hydrogen-bond acceptors (Lipinski definition) is 9. The fourth-order valence-electron chi connectivity index (χ4n) is 7.52. The molecule has 44 heavy (non-hydrogen) atoms. The summed E-state index contributed by atoms with van der Waals surface area (Å²) in [6.45, 7) is 4.14. The molecule has 2 saturated carbocycles. The standard InChI is InChI=1S/C33H46N2O9/c1-32-14-13-28(44-31(39)35-21-15-25(41-4)30(43-6)26(16-21)42-5)33(2,19-36)27(32)12-11-23(37)22(32)17-29(38)34-18-20-9-7-8-10-24(20)40-3/h7-10,15-16,22-23,27-28,36-37H,11-14,17-19H2,1-6H3,(H,34,38)(H,35,39). The highest BCUT2D eigenvalue weighted by Gasteiger charge is 2.60. The zero-order valence-corrected chi connectivity index (χ0v) is 26.5. The average molecular weight is 615 g/mol. The summed E-state index contributed by atoms with van der Waals surface area (Å²) >= 11 is 0. The second kappa shape index (κ2) is 13.9. The van der Waals surface area contributed by atoms with Crippen molar-refractivity contribution in [3.8, 4) is 23.0 Å². The Labute approximate surface area is 259 Å². The molecule has 2 fully saturated rings. The topological polar surface area (TPSA) is 145 Å². The molecule has 2 aliphatic rings. The molecule has 4 rings (SSSR count). The smallest absolute Gasteiger partial charge is 0.411 e. The van der Waals surface area contributed by atoms with Crippen molar-refractivity contribution in [2.75, 3.05) is 40.4 Å². The number of aliphatic hydroxyl groups excluding tert-OH is 2. The Balaban J connectivity index is 1.47. The van der Waals surface area contributed by atoms with E-state index in [1.807, 2.05) is 31.2 Å². The number of para-hydroxylation sites is 1. The van der Waals surface area contributed by atoms with E-state index in [4.69, 9.17) is 23.7 Å². The fraction of sp³-hybridized carbons (Fsp3) is 0.576. The monoisotopic (exact) mass is 614 g/mol. The Morgan fingerprint density at radius 2 is 1.59 bits per heavy atom. The normalized spacial score (nSPS) is 27.8. The lowest BCUT2D eigenvalue weighted by molar-refractivity contribution is -0.185. The van der Waals surface area contributed by atoms with Crippen molar-refractivity contribution in [3.05, 3.63) is 42.0 Å². The first kappa shape index (κ1) is 33.2. The Hall–Kier alpha value is -3.70. The number of rotatable bonds is 11. The van der Waals surface area contributed by atoms with Crippen molar-refractivity contribution in [2.24, 2.45) is 22.7 Å². The van der Waals surface area contributed by atoms with Gasteiger partial charge >= 0.3 is 6.09 Å². The molecule has 2 amide bonds. The van der Waals surface area contributed by atoms with Gasteiger partial charge in [0.15, 0.2) is 11.5 Å². The minimum Gasteiger partial charge on any atom is -0.496 e. The molecule has 0 bridgehead atoms. The van der Waals surface area contributed by atoms with Crippen LogP contribution in [-0.4, -0.2) is 69.5 Å². The maximum absolute atomic E-state index is 13.2. The highest BCUT2D eigenvalue weighted by molar-refractivity contribution is 5.86. The summed E-state index contributed by atoms with van der Waals surface area (Å²) in [5.74, 6) is 1.29. The van der Waals surface area contributed by atoms with E-state index in [1.165, 1.54) is 21.3 Å². The number of anilines is 1. The summed E-state index contributed by atoms with van der Waals surface area (Å²) in [4.78, 5) is 26.3. The van der Waals surface area contributed by atoms with Gasteiger partial charge in [0.2, 0.25) is 11.7 Å². The van der Waals surface area contributed by atoms with Crippen LogP contribution in [0.5, 0.6) is 23.0 Å². The van der Waals surface area contributed by atoms with Gasteiger partial charge in [0.05, 0.1) is 46.8 Å². The molecule has 11 nitrogen and oxygen atoms in total. The lowest BCUT2D eigenvalue weighted by Crippen LogP contribution is -2.61. The lowest BCUT2D eigenvalue weighted by atomic mass is 9.46. The number of hydrogen-bond donors (Lipinski definition) is 4. The zero-order chi connectivity index (χ0) is 32.1. The molecule has 0 radical (unpaired) electrons. The molecular weight excluding hydrogens is 568 g/mol. The van der Waals surface area contributed by atoms with Gasteiger partial charge in [-0.25, -0.2) is 4.79 Å². The first-order chi connectivity index (χ1) is 21.0. The van der Waals surface area contributed by atoms with Gasteiger partial charge in [-0.1, -0.05) is 32.0 Å². The van der Waals surface area contributed by atoms with Crippen LogP contribution in [-0.2, 0) is 16.1 Å².